The summed E-state index contributed by atoms with van der Waals surface area (Å²) in [6, 6.07) is 1.69. The molecule has 0 aromatic carbocycles. The number of piperidine rings is 2. The molecule has 3 heterocycles. The van der Waals surface area contributed by atoms with Crippen LogP contribution < -0.4 is 10.6 Å². The zero-order valence-corrected chi connectivity index (χ0v) is 22.6. The second kappa shape index (κ2) is 10.3. The van der Waals surface area contributed by atoms with Crippen molar-refractivity contribution in [1.29, 1.82) is 0 Å². The molecule has 3 aliphatic rings. The van der Waals surface area contributed by atoms with Gasteiger partial charge in [0, 0.05) is 43.1 Å². The number of nitrogens with one attached hydrogen (secondary N) is 2. The Balaban J connectivity index is 1.30. The van der Waals surface area contributed by atoms with Gasteiger partial charge in [0.05, 0.1) is 0 Å². The lowest BCUT2D eigenvalue weighted by molar-refractivity contribution is 0.0488. The number of carbonyl (C=O) groups is 2. The van der Waals surface area contributed by atoms with Gasteiger partial charge in [-0.15, -0.1) is 0 Å². The number of hydrogen-bond donors (Lipinski definition) is 2. The van der Waals surface area contributed by atoms with Gasteiger partial charge in [0.1, 0.15) is 11.3 Å². The third-order valence-electron chi connectivity index (χ3n) is 6.98. The molecule has 1 saturated carbocycles. The van der Waals surface area contributed by atoms with E-state index in [-0.39, 0.29) is 29.8 Å². The molecule has 2 N–H and O–H groups in total. The zero-order chi connectivity index (χ0) is 25.4. The van der Waals surface area contributed by atoms with E-state index >= 15 is 0 Å². The lowest BCUT2D eigenvalue weighted by Gasteiger charge is -2.38. The molecule has 1 aromatic heterocycles. The fraction of sp³-hybridized carbons (Fsp3) is 0.783. The van der Waals surface area contributed by atoms with Crippen LogP contribution in [-0.4, -0.2) is 77.3 Å². The van der Waals surface area contributed by atoms with E-state index in [0.29, 0.717) is 44.7 Å². The van der Waals surface area contributed by atoms with E-state index in [4.69, 9.17) is 4.74 Å². The highest BCUT2D eigenvalue weighted by Gasteiger charge is 2.46. The van der Waals surface area contributed by atoms with Crippen molar-refractivity contribution in [3.63, 3.8) is 0 Å². The molecule has 1 unspecified atom stereocenters. The number of hydrogen-bond acceptors (Lipinski definition) is 7. The molecule has 3 atom stereocenters. The first kappa shape index (κ1) is 26.3. The minimum atomic E-state index is -3.60. The molecular weight excluding hydrogens is 490 g/mol. The van der Waals surface area contributed by atoms with Crippen molar-refractivity contribution >= 4 is 33.7 Å². The summed E-state index contributed by atoms with van der Waals surface area (Å²) < 4.78 is 39.5. The quantitative estimate of drug-likeness (QED) is 0.586. The van der Waals surface area contributed by atoms with Crippen LogP contribution >= 0.6 is 11.5 Å². The van der Waals surface area contributed by atoms with Crippen LogP contribution in [0.25, 0.3) is 0 Å². The highest BCUT2D eigenvalue weighted by molar-refractivity contribution is 7.86. The van der Waals surface area contributed by atoms with E-state index in [9.17, 15) is 18.0 Å². The Morgan fingerprint density at radius 2 is 1.86 bits per heavy atom. The average molecular weight is 528 g/mol. The first-order chi connectivity index (χ1) is 16.4. The van der Waals surface area contributed by atoms with Gasteiger partial charge in [-0.25, -0.2) is 4.79 Å². The molecule has 196 valence electrons. The number of aryl methyl sites for hydroxylation is 1. The fourth-order valence-corrected chi connectivity index (χ4v) is 7.70. The molecular formula is C23H37N5O5S2. The van der Waals surface area contributed by atoms with Crippen LogP contribution in [0.15, 0.2) is 6.07 Å². The first-order valence-corrected chi connectivity index (χ1v) is 14.6. The molecule has 2 amide bonds. The predicted octanol–water partition coefficient (Wildman–Crippen LogP) is 2.38. The Hall–Kier alpha value is -1.76. The smallest absolute Gasteiger partial charge is 0.407 e. The molecule has 12 heteroatoms. The second-order valence-corrected chi connectivity index (χ2v) is 13.7. The number of ether oxygens (including phenoxy) is 1. The molecule has 3 fully saturated rings. The number of fused-ring (bicyclic) bond motifs is 2. The van der Waals surface area contributed by atoms with Crippen molar-refractivity contribution in [3.8, 4) is 0 Å². The third-order valence-corrected chi connectivity index (χ3v) is 9.87. The van der Waals surface area contributed by atoms with Crippen molar-refractivity contribution in [2.24, 2.45) is 11.8 Å². The molecule has 1 aliphatic carbocycles. The van der Waals surface area contributed by atoms with Crippen LogP contribution in [0.5, 0.6) is 0 Å². The third kappa shape index (κ3) is 6.33. The SMILES string of the molecule is CCc1cc(C(=O)N[C@H]2C[C@@H]3CC2CN(S(=O)(=O)N2CCC(NC(=O)OC(C)(C)C)CC2)C3)ns1. The Kier molecular flexibility index (Phi) is 7.75. The Morgan fingerprint density at radius 1 is 1.14 bits per heavy atom. The summed E-state index contributed by atoms with van der Waals surface area (Å²) in [4.78, 5) is 25.8. The molecule has 0 radical (unpaired) electrons. The lowest BCUT2D eigenvalue weighted by Crippen LogP contribution is -2.53. The average Bonchev–Trinajstić information content (AvgIpc) is 3.37. The van der Waals surface area contributed by atoms with Crippen LogP contribution in [0, 0.1) is 11.8 Å². The molecule has 2 saturated heterocycles. The lowest BCUT2D eigenvalue weighted by atomic mass is 9.99. The Bertz CT molecular complexity index is 1030. The fourth-order valence-electron chi connectivity index (χ4n) is 5.28. The first-order valence-electron chi connectivity index (χ1n) is 12.5. The maximum absolute atomic E-state index is 13.4. The van der Waals surface area contributed by atoms with Crippen molar-refractivity contribution in [2.75, 3.05) is 26.2 Å². The van der Waals surface area contributed by atoms with Crippen molar-refractivity contribution in [2.45, 2.75) is 77.5 Å². The van der Waals surface area contributed by atoms with Gasteiger partial charge in [-0.1, -0.05) is 6.92 Å². The van der Waals surface area contributed by atoms with Crippen LogP contribution in [0.1, 0.15) is 68.7 Å². The second-order valence-electron chi connectivity index (χ2n) is 10.9. The number of rotatable bonds is 6. The largest absolute Gasteiger partial charge is 0.444 e. The van der Waals surface area contributed by atoms with Crippen LogP contribution in [-0.2, 0) is 21.4 Å². The van der Waals surface area contributed by atoms with Gasteiger partial charge in [-0.05, 0) is 82.3 Å². The summed E-state index contributed by atoms with van der Waals surface area (Å²) in [6.07, 6.45) is 3.19. The summed E-state index contributed by atoms with van der Waals surface area (Å²) in [7, 11) is -3.60. The van der Waals surface area contributed by atoms with Gasteiger partial charge in [0.2, 0.25) is 0 Å². The van der Waals surface area contributed by atoms with E-state index in [1.54, 1.807) is 4.31 Å². The van der Waals surface area contributed by atoms with E-state index in [1.807, 2.05) is 33.8 Å². The van der Waals surface area contributed by atoms with Crippen LogP contribution in [0.4, 0.5) is 4.79 Å². The normalized spacial score (nSPS) is 26.5. The number of nitrogens with zero attached hydrogens (tertiary/aromatic N) is 3. The van der Waals surface area contributed by atoms with Gasteiger partial charge in [0.25, 0.3) is 16.1 Å². The number of alkyl carbamates (subject to hydrolysis) is 1. The van der Waals surface area contributed by atoms with E-state index in [1.165, 1.54) is 15.8 Å². The van der Waals surface area contributed by atoms with Crippen molar-refractivity contribution in [3.05, 3.63) is 16.6 Å². The van der Waals surface area contributed by atoms with Crippen LogP contribution in [0.2, 0.25) is 0 Å². The Labute approximate surface area is 212 Å². The van der Waals surface area contributed by atoms with Gasteiger partial charge in [0.15, 0.2) is 0 Å². The number of amides is 2. The highest BCUT2D eigenvalue weighted by Crippen LogP contribution is 2.38. The molecule has 1 aromatic rings. The van der Waals surface area contributed by atoms with Crippen LogP contribution in [0.3, 0.4) is 0 Å². The van der Waals surface area contributed by atoms with Gasteiger partial charge >= 0.3 is 6.09 Å². The molecule has 2 aliphatic heterocycles. The molecule has 35 heavy (non-hydrogen) atoms. The molecule has 4 rings (SSSR count). The maximum atomic E-state index is 13.4. The monoisotopic (exact) mass is 527 g/mol. The molecule has 2 bridgehead atoms. The highest BCUT2D eigenvalue weighted by atomic mass is 32.2. The Morgan fingerprint density at radius 3 is 2.49 bits per heavy atom. The van der Waals surface area contributed by atoms with Crippen molar-refractivity contribution < 1.29 is 22.7 Å². The summed E-state index contributed by atoms with van der Waals surface area (Å²) in [6.45, 7) is 9.08. The van der Waals surface area contributed by atoms with Gasteiger partial charge in [-0.2, -0.15) is 21.4 Å². The maximum Gasteiger partial charge on any atom is 0.407 e. The molecule has 0 spiro atoms. The minimum absolute atomic E-state index is 0.0387. The summed E-state index contributed by atoms with van der Waals surface area (Å²) in [5.41, 5.74) is -0.127. The predicted molar refractivity (Wildman–Crippen MR) is 133 cm³/mol. The summed E-state index contributed by atoms with van der Waals surface area (Å²) in [5, 5.41) is 5.97. The summed E-state index contributed by atoms with van der Waals surface area (Å²) in [5.74, 6) is 0.164. The number of carbonyl (C=O) groups excluding carboxylic acids is 2. The van der Waals surface area contributed by atoms with E-state index in [0.717, 1.165) is 24.1 Å². The zero-order valence-electron chi connectivity index (χ0n) is 21.0. The van der Waals surface area contributed by atoms with Crippen molar-refractivity contribution in [1.82, 2.24) is 23.6 Å². The number of aromatic nitrogens is 1. The molecule has 10 nitrogen and oxygen atoms in total. The summed E-state index contributed by atoms with van der Waals surface area (Å²) >= 11 is 1.35. The standard InChI is InChI=1S/C23H37N5O5S2/c1-5-18-12-20(26-34-18)21(29)25-19-11-15-10-16(19)14-28(13-15)35(31,32)27-8-6-17(7-9-27)24-22(30)33-23(2,3)4/h12,15-17,19H,5-11,13-14H2,1-4H3,(H,24,30)(H,25,29)/t15-,16?,19-/m0/s1. The minimum Gasteiger partial charge on any atom is -0.444 e. The van der Waals surface area contributed by atoms with Gasteiger partial charge < -0.3 is 15.4 Å². The van der Waals surface area contributed by atoms with Gasteiger partial charge in [-0.3, -0.25) is 4.79 Å². The topological polar surface area (TPSA) is 121 Å². The van der Waals surface area contributed by atoms with E-state index < -0.39 is 21.9 Å². The van der Waals surface area contributed by atoms with E-state index in [2.05, 4.69) is 15.0 Å².